The molecular formula is C12H16N2O2. The number of nitrogens with zero attached hydrogens (tertiary/aromatic N) is 2. The normalized spacial score (nSPS) is 10.7. The molecule has 1 heterocycles. The van der Waals surface area contributed by atoms with Crippen LogP contribution in [0.15, 0.2) is 22.8 Å². The first-order valence-electron chi connectivity index (χ1n) is 5.33. The molecule has 0 radical (unpaired) electrons. The number of hydrogen-bond donors (Lipinski definition) is 0. The Hall–Kier alpha value is -1.60. The van der Waals surface area contributed by atoms with E-state index in [9.17, 15) is 4.79 Å². The molecule has 0 saturated carbocycles. The summed E-state index contributed by atoms with van der Waals surface area (Å²) in [6, 6.07) is 5.68. The van der Waals surface area contributed by atoms with Gasteiger partial charge in [-0.2, -0.15) is 5.26 Å². The molecule has 16 heavy (non-hydrogen) atoms. The van der Waals surface area contributed by atoms with Crippen LogP contribution in [0.3, 0.4) is 0 Å². The largest absolute Gasteiger partial charge is 0.461 e. The average molecular weight is 220 g/mol. The van der Waals surface area contributed by atoms with Crippen molar-refractivity contribution >= 4 is 5.78 Å². The lowest BCUT2D eigenvalue weighted by Crippen LogP contribution is -2.36. The summed E-state index contributed by atoms with van der Waals surface area (Å²) in [5.41, 5.74) is 0. The van der Waals surface area contributed by atoms with Gasteiger partial charge < -0.3 is 4.42 Å². The van der Waals surface area contributed by atoms with E-state index in [-0.39, 0.29) is 11.8 Å². The van der Waals surface area contributed by atoms with E-state index in [2.05, 4.69) is 6.07 Å². The van der Waals surface area contributed by atoms with Gasteiger partial charge in [0.25, 0.3) is 0 Å². The van der Waals surface area contributed by atoms with E-state index in [1.54, 1.807) is 12.1 Å². The highest BCUT2D eigenvalue weighted by atomic mass is 16.3. The van der Waals surface area contributed by atoms with Crippen molar-refractivity contribution in [3.8, 4) is 6.07 Å². The van der Waals surface area contributed by atoms with Crippen LogP contribution in [0.2, 0.25) is 0 Å². The van der Waals surface area contributed by atoms with Gasteiger partial charge in [-0.25, -0.2) is 0 Å². The van der Waals surface area contributed by atoms with Gasteiger partial charge >= 0.3 is 0 Å². The van der Waals surface area contributed by atoms with E-state index in [4.69, 9.17) is 9.68 Å². The maximum absolute atomic E-state index is 11.8. The van der Waals surface area contributed by atoms with Crippen molar-refractivity contribution in [2.45, 2.75) is 26.3 Å². The van der Waals surface area contributed by atoms with Crippen molar-refractivity contribution in [2.75, 3.05) is 13.1 Å². The van der Waals surface area contributed by atoms with Crippen molar-refractivity contribution < 1.29 is 9.21 Å². The minimum absolute atomic E-state index is 0.0448. The Balaban J connectivity index is 2.55. The molecule has 0 unspecified atom stereocenters. The summed E-state index contributed by atoms with van der Waals surface area (Å²) in [4.78, 5) is 13.7. The summed E-state index contributed by atoms with van der Waals surface area (Å²) in [7, 11) is 0. The highest BCUT2D eigenvalue weighted by molar-refractivity contribution is 5.95. The first kappa shape index (κ1) is 12.5. The van der Waals surface area contributed by atoms with Crippen molar-refractivity contribution in [3.05, 3.63) is 24.2 Å². The van der Waals surface area contributed by atoms with Crippen LogP contribution in [-0.2, 0) is 0 Å². The first-order chi connectivity index (χ1) is 7.65. The molecule has 0 aromatic carbocycles. The summed E-state index contributed by atoms with van der Waals surface area (Å²) in [5, 5.41) is 8.53. The molecule has 1 rings (SSSR count). The Morgan fingerprint density at radius 2 is 2.38 bits per heavy atom. The molecule has 0 aliphatic rings. The Labute approximate surface area is 95.5 Å². The number of Topliss-reactive ketones (excluding diaryl/α,β-unsaturated/α-hetero) is 1. The fraction of sp³-hybridized carbons (Fsp3) is 0.500. The third kappa shape index (κ3) is 3.52. The van der Waals surface area contributed by atoms with Crippen LogP contribution in [0.1, 0.15) is 30.8 Å². The molecule has 4 nitrogen and oxygen atoms in total. The standard InChI is InChI=1S/C12H16N2O2/c1-10(2)14(7-4-6-13)9-11(15)12-5-3-8-16-12/h3,5,8,10H,4,7,9H2,1-2H3. The molecule has 0 aliphatic carbocycles. The molecule has 0 N–H and O–H groups in total. The number of hydrogen-bond acceptors (Lipinski definition) is 4. The van der Waals surface area contributed by atoms with Gasteiger partial charge in [-0.1, -0.05) is 0 Å². The topological polar surface area (TPSA) is 57.2 Å². The molecule has 0 spiro atoms. The van der Waals surface area contributed by atoms with E-state index >= 15 is 0 Å². The lowest BCUT2D eigenvalue weighted by atomic mass is 10.2. The minimum Gasteiger partial charge on any atom is -0.461 e. The quantitative estimate of drug-likeness (QED) is 0.689. The third-order valence-corrected chi connectivity index (χ3v) is 2.38. The number of ketones is 1. The number of nitriles is 1. The van der Waals surface area contributed by atoms with Crippen LogP contribution in [0.25, 0.3) is 0 Å². The third-order valence-electron chi connectivity index (χ3n) is 2.38. The predicted molar refractivity (Wildman–Crippen MR) is 60.0 cm³/mol. The summed E-state index contributed by atoms with van der Waals surface area (Å²) in [6.45, 7) is 4.92. The smallest absolute Gasteiger partial charge is 0.211 e. The van der Waals surface area contributed by atoms with E-state index < -0.39 is 0 Å². The minimum atomic E-state index is -0.0448. The maximum Gasteiger partial charge on any atom is 0.211 e. The van der Waals surface area contributed by atoms with Gasteiger partial charge in [-0.15, -0.1) is 0 Å². The predicted octanol–water partition coefficient (Wildman–Crippen LogP) is 2.09. The number of carbonyl (C=O) groups is 1. The van der Waals surface area contributed by atoms with Crippen molar-refractivity contribution in [1.82, 2.24) is 4.90 Å². The first-order valence-corrected chi connectivity index (χ1v) is 5.33. The number of rotatable bonds is 6. The van der Waals surface area contributed by atoms with Gasteiger partial charge in [0.05, 0.1) is 18.9 Å². The number of furan rings is 1. The molecule has 86 valence electrons. The van der Waals surface area contributed by atoms with E-state index in [1.165, 1.54) is 6.26 Å². The molecule has 0 bridgehead atoms. The molecule has 1 aromatic heterocycles. The molecule has 0 atom stereocenters. The van der Waals surface area contributed by atoms with Gasteiger partial charge in [0.1, 0.15) is 0 Å². The van der Waals surface area contributed by atoms with Crippen LogP contribution < -0.4 is 0 Å². The maximum atomic E-state index is 11.8. The molecule has 0 saturated heterocycles. The fourth-order valence-electron chi connectivity index (χ4n) is 1.41. The molecule has 4 heteroatoms. The van der Waals surface area contributed by atoms with Gasteiger partial charge in [0.15, 0.2) is 5.76 Å². The molecular weight excluding hydrogens is 204 g/mol. The lowest BCUT2D eigenvalue weighted by Gasteiger charge is -2.23. The SMILES string of the molecule is CC(C)N(CCC#N)CC(=O)c1ccco1. The summed E-state index contributed by atoms with van der Waals surface area (Å²) >= 11 is 0. The highest BCUT2D eigenvalue weighted by Crippen LogP contribution is 2.06. The Morgan fingerprint density at radius 1 is 1.62 bits per heavy atom. The Bertz CT molecular complexity index is 363. The van der Waals surface area contributed by atoms with Crippen molar-refractivity contribution in [2.24, 2.45) is 0 Å². The Kier molecular flexibility index (Phi) is 4.74. The zero-order valence-electron chi connectivity index (χ0n) is 9.64. The molecule has 0 amide bonds. The van der Waals surface area contributed by atoms with E-state index in [1.807, 2.05) is 18.7 Å². The molecule has 0 fully saturated rings. The second-order valence-corrected chi connectivity index (χ2v) is 3.87. The van der Waals surface area contributed by atoms with Crippen LogP contribution in [0.4, 0.5) is 0 Å². The van der Waals surface area contributed by atoms with E-state index in [0.29, 0.717) is 25.3 Å². The van der Waals surface area contributed by atoms with Crippen molar-refractivity contribution in [3.63, 3.8) is 0 Å². The zero-order valence-corrected chi connectivity index (χ0v) is 9.64. The van der Waals surface area contributed by atoms with Crippen LogP contribution in [0, 0.1) is 11.3 Å². The summed E-state index contributed by atoms with van der Waals surface area (Å²) in [6.07, 6.45) is 1.92. The summed E-state index contributed by atoms with van der Waals surface area (Å²) < 4.78 is 5.04. The van der Waals surface area contributed by atoms with E-state index in [0.717, 1.165) is 0 Å². The average Bonchev–Trinajstić information content (AvgIpc) is 2.76. The molecule has 1 aromatic rings. The highest BCUT2D eigenvalue weighted by Gasteiger charge is 2.16. The van der Waals surface area contributed by atoms with Crippen molar-refractivity contribution in [1.29, 1.82) is 5.26 Å². The van der Waals surface area contributed by atoms with Crippen LogP contribution in [-0.4, -0.2) is 29.8 Å². The van der Waals surface area contributed by atoms with Crippen LogP contribution >= 0.6 is 0 Å². The fourth-order valence-corrected chi connectivity index (χ4v) is 1.41. The Morgan fingerprint density at radius 3 is 2.88 bits per heavy atom. The number of carbonyl (C=O) groups excluding carboxylic acids is 1. The van der Waals surface area contributed by atoms with Gasteiger partial charge in [-0.3, -0.25) is 9.69 Å². The van der Waals surface area contributed by atoms with Crippen LogP contribution in [0.5, 0.6) is 0 Å². The monoisotopic (exact) mass is 220 g/mol. The van der Waals surface area contributed by atoms with Gasteiger partial charge in [-0.05, 0) is 26.0 Å². The zero-order chi connectivity index (χ0) is 12.0. The second-order valence-electron chi connectivity index (χ2n) is 3.87. The van der Waals surface area contributed by atoms with Gasteiger partial charge in [0, 0.05) is 19.0 Å². The second kappa shape index (κ2) is 6.09. The summed E-state index contributed by atoms with van der Waals surface area (Å²) in [5.74, 6) is 0.333. The molecule has 0 aliphatic heterocycles. The lowest BCUT2D eigenvalue weighted by molar-refractivity contribution is 0.0880. The van der Waals surface area contributed by atoms with Gasteiger partial charge in [0.2, 0.25) is 5.78 Å².